The molecule has 0 radical (unpaired) electrons. The second-order valence-corrected chi connectivity index (χ2v) is 4.29. The van der Waals surface area contributed by atoms with Gasteiger partial charge in [0.05, 0.1) is 5.69 Å². The van der Waals surface area contributed by atoms with Crippen molar-refractivity contribution < 1.29 is 0 Å². The highest BCUT2D eigenvalue weighted by atomic mass is 16.1. The van der Waals surface area contributed by atoms with Gasteiger partial charge in [-0.2, -0.15) is 0 Å². The summed E-state index contributed by atoms with van der Waals surface area (Å²) in [7, 11) is 0. The lowest BCUT2D eigenvalue weighted by Gasteiger charge is -2.05. The molecule has 1 aromatic carbocycles. The topological polar surface area (TPSA) is 26.9 Å². The van der Waals surface area contributed by atoms with E-state index in [0.717, 1.165) is 5.69 Å². The average molecular weight is 216 g/mol. The van der Waals surface area contributed by atoms with Gasteiger partial charge in [0.1, 0.15) is 0 Å². The predicted octanol–water partition coefficient (Wildman–Crippen LogP) is 2.53. The van der Waals surface area contributed by atoms with Crippen LogP contribution in [0.4, 0.5) is 0 Å². The molecule has 0 bridgehead atoms. The van der Waals surface area contributed by atoms with Gasteiger partial charge in [-0.3, -0.25) is 9.13 Å². The third-order valence-electron chi connectivity index (χ3n) is 2.67. The zero-order valence-corrected chi connectivity index (χ0v) is 9.84. The molecule has 1 aromatic heterocycles. The first kappa shape index (κ1) is 10.7. The fourth-order valence-electron chi connectivity index (χ4n) is 1.69. The van der Waals surface area contributed by atoms with E-state index in [1.807, 2.05) is 57.4 Å². The van der Waals surface area contributed by atoms with Crippen LogP contribution < -0.4 is 5.69 Å². The van der Waals surface area contributed by atoms with Gasteiger partial charge in [0.25, 0.3) is 0 Å². The summed E-state index contributed by atoms with van der Waals surface area (Å²) in [5.41, 5.74) is 2.12. The largest absolute Gasteiger partial charge is 0.332 e. The number of aryl methyl sites for hydroxylation is 1. The third-order valence-corrected chi connectivity index (χ3v) is 2.67. The molecule has 0 saturated carbocycles. The molecule has 0 aliphatic rings. The van der Waals surface area contributed by atoms with Crippen molar-refractivity contribution in [3.05, 3.63) is 52.7 Å². The van der Waals surface area contributed by atoms with E-state index >= 15 is 0 Å². The molecule has 16 heavy (non-hydrogen) atoms. The molecule has 1 heterocycles. The highest BCUT2D eigenvalue weighted by Crippen LogP contribution is 2.08. The molecule has 2 rings (SSSR count). The van der Waals surface area contributed by atoms with Crippen LogP contribution >= 0.6 is 0 Å². The minimum atomic E-state index is 0.0128. The third kappa shape index (κ3) is 1.81. The first-order valence-electron chi connectivity index (χ1n) is 5.46. The summed E-state index contributed by atoms with van der Waals surface area (Å²) in [6.45, 7) is 6.04. The Balaban J connectivity index is 2.49. The van der Waals surface area contributed by atoms with E-state index in [1.54, 1.807) is 9.13 Å². The van der Waals surface area contributed by atoms with Crippen molar-refractivity contribution in [2.24, 2.45) is 0 Å². The van der Waals surface area contributed by atoms with Gasteiger partial charge in [0.15, 0.2) is 0 Å². The minimum absolute atomic E-state index is 0.0128. The number of imidazole rings is 1. The summed E-state index contributed by atoms with van der Waals surface area (Å²) in [5, 5.41) is 0. The maximum atomic E-state index is 12.0. The van der Waals surface area contributed by atoms with E-state index in [2.05, 4.69) is 0 Å². The lowest BCUT2D eigenvalue weighted by molar-refractivity contribution is 0.574. The van der Waals surface area contributed by atoms with E-state index in [0.29, 0.717) is 0 Å². The van der Waals surface area contributed by atoms with E-state index in [-0.39, 0.29) is 11.7 Å². The van der Waals surface area contributed by atoms with Crippen molar-refractivity contribution in [3.8, 4) is 5.69 Å². The first-order chi connectivity index (χ1) is 7.59. The van der Waals surface area contributed by atoms with Crippen LogP contribution in [0.5, 0.6) is 0 Å². The number of benzene rings is 1. The molecule has 0 saturated heterocycles. The molecule has 0 spiro atoms. The van der Waals surface area contributed by atoms with E-state index < -0.39 is 0 Å². The number of hydrogen-bond donors (Lipinski definition) is 0. The van der Waals surface area contributed by atoms with E-state index in [1.165, 1.54) is 5.56 Å². The van der Waals surface area contributed by atoms with E-state index in [9.17, 15) is 4.79 Å². The van der Waals surface area contributed by atoms with Gasteiger partial charge in [-0.15, -0.1) is 0 Å². The Morgan fingerprint density at radius 3 is 2.19 bits per heavy atom. The van der Waals surface area contributed by atoms with Crippen LogP contribution in [0.15, 0.2) is 41.5 Å². The van der Waals surface area contributed by atoms with Gasteiger partial charge in [0.2, 0.25) is 0 Å². The quantitative estimate of drug-likeness (QED) is 0.757. The molecular weight excluding hydrogens is 200 g/mol. The van der Waals surface area contributed by atoms with Gasteiger partial charge in [-0.1, -0.05) is 17.7 Å². The van der Waals surface area contributed by atoms with Crippen LogP contribution in [-0.4, -0.2) is 9.13 Å². The van der Waals surface area contributed by atoms with Gasteiger partial charge < -0.3 is 0 Å². The van der Waals surface area contributed by atoms with Crippen LogP contribution in [0.2, 0.25) is 0 Å². The fourth-order valence-corrected chi connectivity index (χ4v) is 1.69. The van der Waals surface area contributed by atoms with E-state index in [4.69, 9.17) is 0 Å². The Kier molecular flexibility index (Phi) is 2.69. The van der Waals surface area contributed by atoms with Crippen LogP contribution in [0.25, 0.3) is 5.69 Å². The molecule has 0 fully saturated rings. The molecule has 3 nitrogen and oxygen atoms in total. The molecule has 3 heteroatoms. The monoisotopic (exact) mass is 216 g/mol. The van der Waals surface area contributed by atoms with Crippen molar-refractivity contribution in [1.82, 2.24) is 9.13 Å². The second kappa shape index (κ2) is 4.00. The highest BCUT2D eigenvalue weighted by molar-refractivity contribution is 5.34. The maximum Gasteiger partial charge on any atom is 0.332 e. The predicted molar refractivity (Wildman–Crippen MR) is 65.2 cm³/mol. The molecule has 0 atom stereocenters. The lowest BCUT2D eigenvalue weighted by atomic mass is 10.2. The summed E-state index contributed by atoms with van der Waals surface area (Å²) in [4.78, 5) is 12.0. The average Bonchev–Trinajstić information content (AvgIpc) is 2.61. The maximum absolute atomic E-state index is 12.0. The van der Waals surface area contributed by atoms with Crippen LogP contribution in [-0.2, 0) is 0 Å². The van der Waals surface area contributed by atoms with Crippen molar-refractivity contribution >= 4 is 0 Å². The Bertz CT molecular complexity index is 532. The Labute approximate surface area is 95.0 Å². The van der Waals surface area contributed by atoms with Crippen molar-refractivity contribution in [2.75, 3.05) is 0 Å². The summed E-state index contributed by atoms with van der Waals surface area (Å²) >= 11 is 0. The zero-order chi connectivity index (χ0) is 11.7. The van der Waals surface area contributed by atoms with Crippen LogP contribution in [0, 0.1) is 6.92 Å². The van der Waals surface area contributed by atoms with Crippen molar-refractivity contribution in [2.45, 2.75) is 26.8 Å². The first-order valence-corrected chi connectivity index (χ1v) is 5.46. The van der Waals surface area contributed by atoms with Crippen LogP contribution in [0.1, 0.15) is 25.5 Å². The molecule has 0 N–H and O–H groups in total. The van der Waals surface area contributed by atoms with Crippen molar-refractivity contribution in [3.63, 3.8) is 0 Å². The zero-order valence-electron chi connectivity index (χ0n) is 9.84. The van der Waals surface area contributed by atoms with Gasteiger partial charge in [0, 0.05) is 18.4 Å². The van der Waals surface area contributed by atoms with Gasteiger partial charge >= 0.3 is 5.69 Å². The number of rotatable bonds is 2. The number of hydrogen-bond acceptors (Lipinski definition) is 1. The Hall–Kier alpha value is -1.77. The smallest absolute Gasteiger partial charge is 0.296 e. The number of aromatic nitrogens is 2. The Morgan fingerprint density at radius 2 is 1.69 bits per heavy atom. The molecule has 0 aliphatic carbocycles. The fraction of sp³-hybridized carbons (Fsp3) is 0.308. The SMILES string of the molecule is Cc1ccc(-n2ccn(C(C)C)c2=O)cc1. The lowest BCUT2D eigenvalue weighted by Crippen LogP contribution is -2.24. The Morgan fingerprint density at radius 1 is 1.06 bits per heavy atom. The summed E-state index contributed by atoms with van der Waals surface area (Å²) in [6.07, 6.45) is 3.64. The van der Waals surface area contributed by atoms with Crippen LogP contribution in [0.3, 0.4) is 0 Å². The normalized spacial score (nSPS) is 11.0. The minimum Gasteiger partial charge on any atom is -0.296 e. The molecule has 0 amide bonds. The van der Waals surface area contributed by atoms with Gasteiger partial charge in [-0.05, 0) is 32.9 Å². The van der Waals surface area contributed by atoms with Crippen molar-refractivity contribution in [1.29, 1.82) is 0 Å². The molecule has 0 aliphatic heterocycles. The molecule has 0 unspecified atom stereocenters. The second-order valence-electron chi connectivity index (χ2n) is 4.29. The van der Waals surface area contributed by atoms with Gasteiger partial charge in [-0.25, -0.2) is 4.79 Å². The standard InChI is InChI=1S/C13H16N2O/c1-10(2)14-8-9-15(13(14)16)12-6-4-11(3)5-7-12/h4-10H,1-3H3. The molecular formula is C13H16N2O. The molecule has 2 aromatic rings. The summed E-state index contributed by atoms with van der Waals surface area (Å²) in [6, 6.07) is 8.13. The summed E-state index contributed by atoms with van der Waals surface area (Å²) in [5.74, 6) is 0. The summed E-state index contributed by atoms with van der Waals surface area (Å²) < 4.78 is 3.39. The highest BCUT2D eigenvalue weighted by Gasteiger charge is 2.06. The molecule has 84 valence electrons. The number of nitrogens with zero attached hydrogens (tertiary/aromatic N) is 2.